The van der Waals surface area contributed by atoms with E-state index in [9.17, 15) is 4.79 Å². The van der Waals surface area contributed by atoms with Crippen LogP contribution in [-0.2, 0) is 0 Å². The lowest BCUT2D eigenvalue weighted by atomic mass is 10.1. The van der Waals surface area contributed by atoms with E-state index in [1.807, 2.05) is 12.1 Å². The predicted octanol–water partition coefficient (Wildman–Crippen LogP) is 5.90. The number of rotatable bonds is 14. The summed E-state index contributed by atoms with van der Waals surface area (Å²) in [7, 11) is 0. The topological polar surface area (TPSA) is 92.8 Å². The van der Waals surface area contributed by atoms with Gasteiger partial charge in [0, 0.05) is 5.56 Å². The molecule has 0 fully saturated rings. The molecule has 2 aromatic heterocycles. The molecule has 0 radical (unpaired) electrons. The van der Waals surface area contributed by atoms with Gasteiger partial charge in [0.1, 0.15) is 17.6 Å². The number of imidazole rings is 1. The molecule has 7 heteroatoms. The van der Waals surface area contributed by atoms with Crippen LogP contribution in [-0.4, -0.2) is 32.4 Å². The van der Waals surface area contributed by atoms with Crippen molar-refractivity contribution in [1.82, 2.24) is 19.9 Å². The molecule has 3 aromatic rings. The summed E-state index contributed by atoms with van der Waals surface area (Å²) in [5.74, 6) is 0.954. The van der Waals surface area contributed by atoms with Gasteiger partial charge in [-0.15, -0.1) is 0 Å². The van der Waals surface area contributed by atoms with E-state index < -0.39 is 0 Å². The molecule has 7 nitrogen and oxygen atoms in total. The molecule has 0 aliphatic rings. The molecule has 3 rings (SSSR count). The first kappa shape index (κ1) is 22.7. The Hall–Kier alpha value is -2.96. The Bertz CT molecular complexity index is 923. The normalized spacial score (nSPS) is 11.0. The average molecular weight is 424 g/mol. The highest BCUT2D eigenvalue weighted by Gasteiger charge is 2.11. The van der Waals surface area contributed by atoms with Crippen LogP contribution < -0.4 is 10.1 Å². The molecule has 0 saturated heterocycles. The molecule has 1 amide bonds. The Morgan fingerprint density at radius 3 is 2.29 bits per heavy atom. The summed E-state index contributed by atoms with van der Waals surface area (Å²) in [4.78, 5) is 27.7. The molecular formula is C24H33N5O2. The number of aromatic nitrogens is 4. The largest absolute Gasteiger partial charge is 0.494 e. The Labute approximate surface area is 184 Å². The number of nitrogens with zero attached hydrogens (tertiary/aromatic N) is 3. The molecule has 0 unspecified atom stereocenters. The van der Waals surface area contributed by atoms with Gasteiger partial charge in [-0.2, -0.15) is 0 Å². The number of H-pyrrole nitrogens is 1. The Kier molecular flexibility index (Phi) is 9.29. The SMILES string of the molecule is CCCCCCCCCCCCOc1ccc(C(=O)Nc2ncnc3nc[nH]c23)cc1. The summed E-state index contributed by atoms with van der Waals surface area (Å²) in [6, 6.07) is 7.18. The minimum atomic E-state index is -0.240. The lowest BCUT2D eigenvalue weighted by Crippen LogP contribution is -2.13. The summed E-state index contributed by atoms with van der Waals surface area (Å²) in [6.07, 6.45) is 16.0. The maximum absolute atomic E-state index is 12.5. The number of carbonyl (C=O) groups is 1. The fraction of sp³-hybridized carbons (Fsp3) is 0.500. The third kappa shape index (κ3) is 7.35. The van der Waals surface area contributed by atoms with Crippen LogP contribution in [0.25, 0.3) is 11.2 Å². The zero-order chi connectivity index (χ0) is 21.7. The average Bonchev–Trinajstić information content (AvgIpc) is 3.28. The van der Waals surface area contributed by atoms with E-state index >= 15 is 0 Å². The molecule has 31 heavy (non-hydrogen) atoms. The molecule has 2 N–H and O–H groups in total. The second-order valence-electron chi connectivity index (χ2n) is 7.83. The number of hydrogen-bond acceptors (Lipinski definition) is 5. The molecule has 0 spiro atoms. The van der Waals surface area contributed by atoms with Crippen LogP contribution in [0.1, 0.15) is 81.5 Å². The van der Waals surface area contributed by atoms with Crippen LogP contribution in [0.2, 0.25) is 0 Å². The van der Waals surface area contributed by atoms with Gasteiger partial charge in [0.25, 0.3) is 5.91 Å². The number of unbranched alkanes of at least 4 members (excludes halogenated alkanes) is 9. The molecule has 0 atom stereocenters. The number of nitrogens with one attached hydrogen (secondary N) is 2. The first-order valence-electron chi connectivity index (χ1n) is 11.5. The number of carbonyl (C=O) groups excluding carboxylic acids is 1. The van der Waals surface area contributed by atoms with E-state index in [2.05, 4.69) is 32.2 Å². The highest BCUT2D eigenvalue weighted by Crippen LogP contribution is 2.18. The molecule has 0 bridgehead atoms. The molecule has 2 heterocycles. The highest BCUT2D eigenvalue weighted by molar-refractivity contribution is 6.06. The van der Waals surface area contributed by atoms with Crippen LogP contribution >= 0.6 is 0 Å². The van der Waals surface area contributed by atoms with Gasteiger partial charge in [-0.05, 0) is 30.7 Å². The number of anilines is 1. The van der Waals surface area contributed by atoms with E-state index in [0.29, 0.717) is 29.2 Å². The maximum Gasteiger partial charge on any atom is 0.256 e. The fourth-order valence-electron chi connectivity index (χ4n) is 3.52. The van der Waals surface area contributed by atoms with Crippen LogP contribution in [0.4, 0.5) is 5.82 Å². The monoisotopic (exact) mass is 423 g/mol. The zero-order valence-electron chi connectivity index (χ0n) is 18.4. The second kappa shape index (κ2) is 12.7. The fourth-order valence-corrected chi connectivity index (χ4v) is 3.52. The van der Waals surface area contributed by atoms with Crippen molar-refractivity contribution in [2.75, 3.05) is 11.9 Å². The van der Waals surface area contributed by atoms with E-state index in [4.69, 9.17) is 4.74 Å². The van der Waals surface area contributed by atoms with E-state index in [1.54, 1.807) is 12.1 Å². The van der Waals surface area contributed by atoms with Crippen LogP contribution in [0, 0.1) is 0 Å². The maximum atomic E-state index is 12.5. The molecule has 0 aliphatic heterocycles. The van der Waals surface area contributed by atoms with Crippen molar-refractivity contribution in [2.45, 2.75) is 71.1 Å². The van der Waals surface area contributed by atoms with Crippen molar-refractivity contribution in [2.24, 2.45) is 0 Å². The van der Waals surface area contributed by atoms with Crippen LogP contribution in [0.15, 0.2) is 36.9 Å². The van der Waals surface area contributed by atoms with Crippen LogP contribution in [0.3, 0.4) is 0 Å². The number of fused-ring (bicyclic) bond motifs is 1. The van der Waals surface area contributed by atoms with Crippen molar-refractivity contribution in [3.8, 4) is 5.75 Å². The Morgan fingerprint density at radius 1 is 0.903 bits per heavy atom. The van der Waals surface area contributed by atoms with E-state index in [1.165, 1.54) is 70.4 Å². The third-order valence-electron chi connectivity index (χ3n) is 5.34. The molecule has 1 aromatic carbocycles. The lowest BCUT2D eigenvalue weighted by Gasteiger charge is -2.08. The van der Waals surface area contributed by atoms with Gasteiger partial charge in [0.2, 0.25) is 0 Å². The van der Waals surface area contributed by atoms with Gasteiger partial charge in [-0.25, -0.2) is 15.0 Å². The van der Waals surface area contributed by atoms with Crippen LogP contribution in [0.5, 0.6) is 5.75 Å². The second-order valence-corrected chi connectivity index (χ2v) is 7.83. The number of hydrogen-bond donors (Lipinski definition) is 2. The highest BCUT2D eigenvalue weighted by atomic mass is 16.5. The first-order chi connectivity index (χ1) is 15.3. The smallest absolute Gasteiger partial charge is 0.256 e. The molecule has 0 aliphatic carbocycles. The van der Waals surface area contributed by atoms with Gasteiger partial charge in [-0.3, -0.25) is 4.79 Å². The van der Waals surface area contributed by atoms with Gasteiger partial charge < -0.3 is 15.0 Å². The minimum Gasteiger partial charge on any atom is -0.494 e. The minimum absolute atomic E-state index is 0.240. The Morgan fingerprint density at radius 2 is 1.58 bits per heavy atom. The van der Waals surface area contributed by atoms with E-state index in [0.717, 1.165) is 12.2 Å². The molecular weight excluding hydrogens is 390 g/mol. The number of benzene rings is 1. The first-order valence-corrected chi connectivity index (χ1v) is 11.5. The summed E-state index contributed by atoms with van der Waals surface area (Å²) in [6.45, 7) is 2.97. The number of aromatic amines is 1. The van der Waals surface area contributed by atoms with Crippen molar-refractivity contribution in [3.05, 3.63) is 42.5 Å². The summed E-state index contributed by atoms with van der Waals surface area (Å²) >= 11 is 0. The van der Waals surface area contributed by atoms with Gasteiger partial charge in [0.15, 0.2) is 11.5 Å². The standard InChI is InChI=1S/C24H33N5O2/c1-2-3-4-5-6-7-8-9-10-11-16-31-20-14-12-19(13-15-20)24(30)29-23-21-22(26-17-25-21)27-18-28-23/h12-15,17-18H,2-11,16H2,1H3,(H2,25,26,27,28,29,30). The van der Waals surface area contributed by atoms with E-state index in [-0.39, 0.29) is 5.91 Å². The molecule has 0 saturated carbocycles. The lowest BCUT2D eigenvalue weighted by molar-refractivity contribution is 0.102. The third-order valence-corrected chi connectivity index (χ3v) is 5.34. The summed E-state index contributed by atoms with van der Waals surface area (Å²) in [5.41, 5.74) is 1.66. The van der Waals surface area contributed by atoms with Gasteiger partial charge in [-0.1, -0.05) is 64.7 Å². The predicted molar refractivity (Wildman–Crippen MR) is 123 cm³/mol. The van der Waals surface area contributed by atoms with Gasteiger partial charge in [0.05, 0.1) is 12.9 Å². The van der Waals surface area contributed by atoms with Crippen molar-refractivity contribution in [1.29, 1.82) is 0 Å². The summed E-state index contributed by atoms with van der Waals surface area (Å²) < 4.78 is 5.81. The van der Waals surface area contributed by atoms with Crippen molar-refractivity contribution in [3.63, 3.8) is 0 Å². The zero-order valence-corrected chi connectivity index (χ0v) is 18.4. The number of ether oxygens (including phenoxy) is 1. The van der Waals surface area contributed by atoms with Crippen molar-refractivity contribution < 1.29 is 9.53 Å². The number of amides is 1. The van der Waals surface area contributed by atoms with Gasteiger partial charge >= 0.3 is 0 Å². The Balaban J connectivity index is 1.32. The quantitative estimate of drug-likeness (QED) is 0.315. The molecule has 166 valence electrons. The van der Waals surface area contributed by atoms with Crippen molar-refractivity contribution >= 4 is 22.9 Å². The summed E-state index contributed by atoms with van der Waals surface area (Å²) in [5, 5.41) is 2.80.